The second-order valence-corrected chi connectivity index (χ2v) is 18.2. The van der Waals surface area contributed by atoms with E-state index in [1.807, 2.05) is 30.1 Å². The summed E-state index contributed by atoms with van der Waals surface area (Å²) in [5.41, 5.74) is 10.3. The van der Waals surface area contributed by atoms with Crippen molar-refractivity contribution in [1.82, 2.24) is 34.6 Å². The number of methoxy groups -OCH3 is 1. The molecule has 1 aliphatic carbocycles. The number of pyridine rings is 1. The van der Waals surface area contributed by atoms with E-state index in [0.29, 0.717) is 22.2 Å². The van der Waals surface area contributed by atoms with Gasteiger partial charge in [0, 0.05) is 66.4 Å². The van der Waals surface area contributed by atoms with Gasteiger partial charge < -0.3 is 19.5 Å². The standard InChI is InChI=1S/C35H38BrN10O2P/c1-43-18-22-14-35(19-43)25-13-31(48-3)30(12-24(25)21-15-38-44(2)17-21)46(45(22)35)42-34-37-16-26(36)33(41-34)40-29-11-10-28-23(32(29)49(4,5)47)8-9-27(39-28)20-6-7-20/h8-13,15-17,20,22H,6-7,14,18-19H2,1-5H3,(H2,37,40,41,42). The minimum atomic E-state index is -2.73. The van der Waals surface area contributed by atoms with Crippen LogP contribution in [-0.2, 0) is 17.2 Å². The molecule has 0 spiro atoms. The van der Waals surface area contributed by atoms with Crippen LogP contribution in [0.2, 0.25) is 0 Å². The number of ether oxygens (including phenoxy) is 1. The average Bonchev–Trinajstić information content (AvgIpc) is 3.85. The minimum Gasteiger partial charge on any atom is -0.494 e. The molecule has 4 aliphatic heterocycles. The molecule has 3 unspecified atom stereocenters. The van der Waals surface area contributed by atoms with Crippen LogP contribution in [0.1, 0.15) is 36.4 Å². The molecule has 49 heavy (non-hydrogen) atoms. The van der Waals surface area contributed by atoms with Gasteiger partial charge in [-0.2, -0.15) is 15.1 Å². The topological polar surface area (TPSA) is 117 Å². The number of hydrazine groups is 2. The maximum absolute atomic E-state index is 13.8. The summed E-state index contributed by atoms with van der Waals surface area (Å²) in [5.74, 6) is 2.27. The maximum atomic E-state index is 13.8. The molecule has 5 aromatic rings. The predicted octanol–water partition coefficient (Wildman–Crippen LogP) is 6.04. The van der Waals surface area contributed by atoms with Crippen LogP contribution >= 0.6 is 23.1 Å². The van der Waals surface area contributed by atoms with E-state index in [2.05, 4.69) is 84.3 Å². The number of benzene rings is 2. The van der Waals surface area contributed by atoms with E-state index in [0.717, 1.165) is 69.7 Å². The number of hydrogen-bond donors (Lipinski definition) is 2. The van der Waals surface area contributed by atoms with E-state index in [1.165, 1.54) is 18.4 Å². The van der Waals surface area contributed by atoms with Crippen molar-refractivity contribution in [3.8, 4) is 16.9 Å². The number of nitrogens with zero attached hydrogens (tertiary/aromatic N) is 8. The Bertz CT molecular complexity index is 2220. The highest BCUT2D eigenvalue weighted by molar-refractivity contribution is 9.10. The van der Waals surface area contributed by atoms with Crippen LogP contribution in [0.3, 0.4) is 0 Å². The molecule has 252 valence electrons. The summed E-state index contributed by atoms with van der Waals surface area (Å²) in [6.45, 7) is 5.41. The van der Waals surface area contributed by atoms with Crippen molar-refractivity contribution in [3.05, 3.63) is 70.7 Å². The first-order chi connectivity index (χ1) is 23.5. The van der Waals surface area contributed by atoms with Crippen molar-refractivity contribution in [1.29, 1.82) is 0 Å². The number of hydrogen-bond acceptors (Lipinski definition) is 11. The molecule has 14 heteroatoms. The number of halogens is 1. The number of aryl methyl sites for hydroxylation is 1. The third kappa shape index (κ3) is 4.96. The lowest BCUT2D eigenvalue weighted by molar-refractivity contribution is -0.146. The van der Waals surface area contributed by atoms with Gasteiger partial charge in [-0.25, -0.2) is 10.1 Å². The molecule has 10 rings (SSSR count). The Morgan fingerprint density at radius 1 is 1.08 bits per heavy atom. The van der Waals surface area contributed by atoms with E-state index in [4.69, 9.17) is 19.7 Å². The van der Waals surface area contributed by atoms with Gasteiger partial charge in [0.05, 0.1) is 34.5 Å². The third-order valence-corrected chi connectivity index (χ3v) is 12.4. The van der Waals surface area contributed by atoms with Gasteiger partial charge >= 0.3 is 0 Å². The van der Waals surface area contributed by atoms with Crippen LogP contribution in [0, 0.1) is 0 Å². The normalized spacial score (nSPS) is 22.9. The predicted molar refractivity (Wildman–Crippen MR) is 197 cm³/mol. The fourth-order valence-electron chi connectivity index (χ4n) is 8.16. The summed E-state index contributed by atoms with van der Waals surface area (Å²) >= 11 is 3.67. The van der Waals surface area contributed by atoms with Crippen molar-refractivity contribution >= 4 is 62.4 Å². The molecule has 2 saturated heterocycles. The lowest BCUT2D eigenvalue weighted by Gasteiger charge is -2.65. The fourth-order valence-corrected chi connectivity index (χ4v) is 9.93. The van der Waals surface area contributed by atoms with Crippen molar-refractivity contribution in [2.24, 2.45) is 7.05 Å². The third-order valence-electron chi connectivity index (χ3n) is 10.3. The number of piperidine rings is 1. The molecule has 2 aromatic carbocycles. The molecule has 5 aliphatic rings. The summed E-state index contributed by atoms with van der Waals surface area (Å²) in [7, 11) is 3.11. The first kappa shape index (κ1) is 31.0. The number of likely N-dealkylation sites (N-methyl/N-ethyl adjacent to an activating group) is 1. The van der Waals surface area contributed by atoms with E-state index in [9.17, 15) is 4.57 Å². The smallest absolute Gasteiger partial charge is 0.245 e. The van der Waals surface area contributed by atoms with E-state index >= 15 is 0 Å². The molecule has 12 nitrogen and oxygen atoms in total. The number of anilines is 4. The quantitative estimate of drug-likeness (QED) is 0.181. The first-order valence-electron chi connectivity index (χ1n) is 16.6. The van der Waals surface area contributed by atoms with Crippen LogP contribution in [0.15, 0.2) is 59.5 Å². The summed E-state index contributed by atoms with van der Waals surface area (Å²) in [5, 5.41) is 14.2. The Morgan fingerprint density at radius 2 is 1.92 bits per heavy atom. The molecular formula is C35H38BrN10O2P. The molecule has 3 fully saturated rings. The van der Waals surface area contributed by atoms with Gasteiger partial charge in [-0.15, -0.1) is 0 Å². The van der Waals surface area contributed by atoms with E-state index < -0.39 is 7.14 Å². The molecule has 3 atom stereocenters. The Hall–Kier alpha value is -4.03. The Morgan fingerprint density at radius 3 is 2.65 bits per heavy atom. The summed E-state index contributed by atoms with van der Waals surface area (Å²) in [6.07, 6.45) is 9.10. The molecule has 4 bridgehead atoms. The number of likely N-dealkylation sites (tertiary alicyclic amines) is 1. The zero-order valence-electron chi connectivity index (χ0n) is 28.1. The van der Waals surface area contributed by atoms with E-state index in [-0.39, 0.29) is 11.6 Å². The Labute approximate surface area is 293 Å². The van der Waals surface area contributed by atoms with Crippen molar-refractivity contribution in [2.45, 2.75) is 36.8 Å². The summed E-state index contributed by atoms with van der Waals surface area (Å²) in [6, 6.07) is 12.8. The average molecular weight is 742 g/mol. The van der Waals surface area contributed by atoms with Crippen LogP contribution in [-0.4, -0.2) is 81.3 Å². The van der Waals surface area contributed by atoms with Gasteiger partial charge in [-0.3, -0.25) is 15.1 Å². The first-order valence-corrected chi connectivity index (χ1v) is 20.0. The number of rotatable bonds is 8. The van der Waals surface area contributed by atoms with Crippen LogP contribution in [0.25, 0.3) is 22.0 Å². The number of nitrogens with one attached hydrogen (secondary N) is 2. The van der Waals surface area contributed by atoms with Crippen LogP contribution in [0.4, 0.5) is 23.1 Å². The number of fused-ring (bicyclic) bond motifs is 3. The Balaban J connectivity index is 1.11. The zero-order chi connectivity index (χ0) is 33.8. The van der Waals surface area contributed by atoms with Crippen LogP contribution in [0.5, 0.6) is 5.75 Å². The van der Waals surface area contributed by atoms with Gasteiger partial charge in [0.15, 0.2) is 0 Å². The van der Waals surface area contributed by atoms with Gasteiger partial charge in [-0.05, 0) is 97.0 Å². The second kappa shape index (κ2) is 11.0. The van der Waals surface area contributed by atoms with Gasteiger partial charge in [-0.1, -0.05) is 6.07 Å². The van der Waals surface area contributed by atoms with Gasteiger partial charge in [0.2, 0.25) is 5.95 Å². The lowest BCUT2D eigenvalue weighted by Crippen LogP contribution is -2.78. The molecule has 2 N–H and O–H groups in total. The molecule has 7 heterocycles. The lowest BCUT2D eigenvalue weighted by atomic mass is 9.70. The maximum Gasteiger partial charge on any atom is 0.245 e. The van der Waals surface area contributed by atoms with Crippen molar-refractivity contribution in [3.63, 3.8) is 0 Å². The monoisotopic (exact) mass is 740 g/mol. The number of aromatic nitrogens is 5. The molecule has 0 amide bonds. The SMILES string of the molecule is COc1cc2c(-c3cnn(C)c3)cc1N(Nc1ncc(Br)c(Nc3ccc4nc(C5CC5)ccc4c3P(C)(C)=O)n1)N1C3CN(C)CC21C3. The van der Waals surface area contributed by atoms with Gasteiger partial charge in [0.25, 0.3) is 0 Å². The second-order valence-electron chi connectivity index (χ2n) is 14.2. The van der Waals surface area contributed by atoms with Crippen molar-refractivity contribution in [2.75, 3.05) is 56.4 Å². The van der Waals surface area contributed by atoms with Gasteiger partial charge in [0.1, 0.15) is 24.4 Å². The van der Waals surface area contributed by atoms with E-state index in [1.54, 1.807) is 26.6 Å². The largest absolute Gasteiger partial charge is 0.494 e. The Kier molecular flexibility index (Phi) is 6.95. The summed E-state index contributed by atoms with van der Waals surface area (Å²) < 4.78 is 22.3. The fraction of sp³-hybridized carbons (Fsp3) is 0.371. The molecule has 0 radical (unpaired) electrons. The minimum absolute atomic E-state index is 0.276. The molecule has 3 aromatic heterocycles. The number of piperazine rings is 1. The highest BCUT2D eigenvalue weighted by atomic mass is 79.9. The molecule has 1 saturated carbocycles. The highest BCUT2D eigenvalue weighted by Crippen LogP contribution is 2.58. The van der Waals surface area contributed by atoms with Crippen LogP contribution < -0.4 is 25.9 Å². The summed E-state index contributed by atoms with van der Waals surface area (Å²) in [4.78, 5) is 17.0. The van der Waals surface area contributed by atoms with Crippen molar-refractivity contribution < 1.29 is 9.30 Å². The highest BCUT2D eigenvalue weighted by Gasteiger charge is 2.62. The molecular weight excluding hydrogens is 703 g/mol. The zero-order valence-corrected chi connectivity index (χ0v) is 30.6.